The summed E-state index contributed by atoms with van der Waals surface area (Å²) >= 11 is 0. The van der Waals surface area contributed by atoms with Gasteiger partial charge in [0.1, 0.15) is 12.5 Å². The van der Waals surface area contributed by atoms with Crippen LogP contribution in [-0.2, 0) is 19.1 Å². The smallest absolute Gasteiger partial charge is 0.313 e. The minimum Gasteiger partial charge on any atom is -0.465 e. The Kier molecular flexibility index (Phi) is 7.02. The topological polar surface area (TPSA) is 52.6 Å². The first-order valence-electron chi connectivity index (χ1n) is 4.83. The average Bonchev–Trinajstić information content (AvgIpc) is 2.16. The summed E-state index contributed by atoms with van der Waals surface area (Å²) in [6, 6.07) is 0. The van der Waals surface area contributed by atoms with Crippen molar-refractivity contribution in [1.82, 2.24) is 0 Å². The van der Waals surface area contributed by atoms with E-state index in [1.165, 1.54) is 7.11 Å². The number of hydrogen-bond donors (Lipinski definition) is 0. The summed E-state index contributed by atoms with van der Waals surface area (Å²) in [5.41, 5.74) is 0. The first kappa shape index (κ1) is 13.1. The maximum atomic E-state index is 11.2. The highest BCUT2D eigenvalue weighted by Gasteiger charge is 2.16. The lowest BCUT2D eigenvalue weighted by molar-refractivity contribution is -0.148. The Morgan fingerprint density at radius 1 is 1.36 bits per heavy atom. The van der Waals surface area contributed by atoms with Crippen LogP contribution in [0.3, 0.4) is 0 Å². The highest BCUT2D eigenvalue weighted by atomic mass is 16.5. The van der Waals surface area contributed by atoms with E-state index >= 15 is 0 Å². The Balaban J connectivity index is 3.66. The number of ketones is 1. The third-order valence-corrected chi connectivity index (χ3v) is 1.89. The van der Waals surface area contributed by atoms with E-state index in [1.54, 1.807) is 6.92 Å². The Bertz CT molecular complexity index is 189. The summed E-state index contributed by atoms with van der Waals surface area (Å²) in [7, 11) is 1.44. The Morgan fingerprint density at radius 3 is 2.50 bits per heavy atom. The molecule has 0 fully saturated rings. The molecule has 0 aromatic rings. The molecular formula is C10H18O4. The first-order valence-corrected chi connectivity index (χ1v) is 4.83. The van der Waals surface area contributed by atoms with Crippen LogP contribution in [0.15, 0.2) is 0 Å². The summed E-state index contributed by atoms with van der Waals surface area (Å²) in [5.74, 6) is -0.707. The molecule has 0 amide bonds. The number of carbonyl (C=O) groups is 2. The van der Waals surface area contributed by atoms with Gasteiger partial charge in [-0.15, -0.1) is 0 Å². The molecule has 0 N–H and O–H groups in total. The first-order chi connectivity index (χ1) is 6.61. The van der Waals surface area contributed by atoms with Crippen LogP contribution in [0, 0.1) is 0 Å². The van der Waals surface area contributed by atoms with Gasteiger partial charge >= 0.3 is 5.97 Å². The van der Waals surface area contributed by atoms with Crippen molar-refractivity contribution in [3.05, 3.63) is 0 Å². The molecule has 0 saturated carbocycles. The van der Waals surface area contributed by atoms with E-state index in [0.29, 0.717) is 6.61 Å². The lowest BCUT2D eigenvalue weighted by atomic mass is 10.2. The fourth-order valence-corrected chi connectivity index (χ4v) is 0.799. The van der Waals surface area contributed by atoms with Gasteiger partial charge in [-0.1, -0.05) is 13.3 Å². The monoisotopic (exact) mass is 202 g/mol. The Labute approximate surface area is 84.6 Å². The zero-order valence-electron chi connectivity index (χ0n) is 9.04. The maximum absolute atomic E-state index is 11.2. The van der Waals surface area contributed by atoms with E-state index in [4.69, 9.17) is 9.47 Å². The number of ether oxygens (including phenoxy) is 2. The number of esters is 1. The SMILES string of the molecule is CCCCOC(=O)CC(=O)C(C)OC. The van der Waals surface area contributed by atoms with Gasteiger partial charge in [0, 0.05) is 7.11 Å². The highest BCUT2D eigenvalue weighted by molar-refractivity contribution is 5.97. The van der Waals surface area contributed by atoms with Gasteiger partial charge in [0.15, 0.2) is 5.78 Å². The van der Waals surface area contributed by atoms with Crippen LogP contribution in [0.4, 0.5) is 0 Å². The number of hydrogen-bond acceptors (Lipinski definition) is 4. The lowest BCUT2D eigenvalue weighted by Gasteiger charge is -2.07. The summed E-state index contributed by atoms with van der Waals surface area (Å²) in [6.45, 7) is 4.01. The van der Waals surface area contributed by atoms with E-state index in [-0.39, 0.29) is 12.2 Å². The zero-order chi connectivity index (χ0) is 11.0. The molecule has 0 spiro atoms. The number of methoxy groups -OCH3 is 1. The minimum absolute atomic E-state index is 0.196. The van der Waals surface area contributed by atoms with Crippen LogP contribution in [0.2, 0.25) is 0 Å². The molecule has 0 aliphatic carbocycles. The fraction of sp³-hybridized carbons (Fsp3) is 0.800. The van der Waals surface area contributed by atoms with Crippen molar-refractivity contribution in [3.8, 4) is 0 Å². The lowest BCUT2D eigenvalue weighted by Crippen LogP contribution is -2.23. The van der Waals surface area contributed by atoms with Crippen molar-refractivity contribution in [3.63, 3.8) is 0 Å². The fourth-order valence-electron chi connectivity index (χ4n) is 0.799. The van der Waals surface area contributed by atoms with Crippen molar-refractivity contribution in [2.75, 3.05) is 13.7 Å². The quantitative estimate of drug-likeness (QED) is 0.355. The average molecular weight is 202 g/mol. The van der Waals surface area contributed by atoms with Crippen molar-refractivity contribution >= 4 is 11.8 Å². The number of unbranched alkanes of at least 4 members (excludes halogenated alkanes) is 1. The van der Waals surface area contributed by atoms with E-state index < -0.39 is 12.1 Å². The molecule has 82 valence electrons. The molecule has 0 bridgehead atoms. The van der Waals surface area contributed by atoms with Gasteiger partial charge in [-0.2, -0.15) is 0 Å². The molecule has 0 radical (unpaired) electrons. The molecule has 0 heterocycles. The van der Waals surface area contributed by atoms with Crippen molar-refractivity contribution in [2.24, 2.45) is 0 Å². The van der Waals surface area contributed by atoms with Crippen LogP contribution >= 0.6 is 0 Å². The van der Waals surface area contributed by atoms with Gasteiger partial charge in [-0.05, 0) is 13.3 Å². The van der Waals surface area contributed by atoms with Crippen molar-refractivity contribution < 1.29 is 19.1 Å². The largest absolute Gasteiger partial charge is 0.465 e. The van der Waals surface area contributed by atoms with Gasteiger partial charge in [0.2, 0.25) is 0 Å². The second-order valence-corrected chi connectivity index (χ2v) is 3.10. The summed E-state index contributed by atoms with van der Waals surface area (Å²) in [6.07, 6.45) is 1.07. The number of carbonyl (C=O) groups excluding carboxylic acids is 2. The Morgan fingerprint density at radius 2 is 2.00 bits per heavy atom. The number of rotatable bonds is 7. The molecule has 4 nitrogen and oxygen atoms in total. The number of Topliss-reactive ketones (excluding diaryl/α,β-unsaturated/α-hetero) is 1. The summed E-state index contributed by atoms with van der Waals surface area (Å²) < 4.78 is 9.61. The van der Waals surface area contributed by atoms with Crippen LogP contribution in [0.25, 0.3) is 0 Å². The second kappa shape index (κ2) is 7.50. The summed E-state index contributed by atoms with van der Waals surface area (Å²) in [4.78, 5) is 22.2. The van der Waals surface area contributed by atoms with Gasteiger partial charge < -0.3 is 9.47 Å². The molecule has 4 heteroatoms. The van der Waals surface area contributed by atoms with Crippen LogP contribution in [-0.4, -0.2) is 31.6 Å². The van der Waals surface area contributed by atoms with Gasteiger partial charge in [0.05, 0.1) is 6.61 Å². The molecule has 0 aromatic carbocycles. The molecular weight excluding hydrogens is 184 g/mol. The van der Waals surface area contributed by atoms with Crippen molar-refractivity contribution in [1.29, 1.82) is 0 Å². The second-order valence-electron chi connectivity index (χ2n) is 3.10. The highest BCUT2D eigenvalue weighted by Crippen LogP contribution is 1.98. The standard InChI is InChI=1S/C10H18O4/c1-4-5-6-14-10(12)7-9(11)8(2)13-3/h8H,4-7H2,1-3H3. The van der Waals surface area contributed by atoms with Crippen LogP contribution in [0.5, 0.6) is 0 Å². The zero-order valence-corrected chi connectivity index (χ0v) is 9.04. The predicted molar refractivity (Wildman–Crippen MR) is 52.0 cm³/mol. The van der Waals surface area contributed by atoms with E-state index in [2.05, 4.69) is 0 Å². The normalized spacial score (nSPS) is 12.2. The molecule has 14 heavy (non-hydrogen) atoms. The molecule has 0 aliphatic rings. The van der Waals surface area contributed by atoms with Crippen LogP contribution < -0.4 is 0 Å². The molecule has 0 saturated heterocycles. The third kappa shape index (κ3) is 5.70. The van der Waals surface area contributed by atoms with E-state index in [0.717, 1.165) is 12.8 Å². The molecule has 0 aromatic heterocycles. The van der Waals surface area contributed by atoms with Gasteiger partial charge in [0.25, 0.3) is 0 Å². The molecule has 0 aliphatic heterocycles. The van der Waals surface area contributed by atoms with E-state index in [1.807, 2.05) is 6.92 Å². The van der Waals surface area contributed by atoms with Crippen molar-refractivity contribution in [2.45, 2.75) is 39.2 Å². The van der Waals surface area contributed by atoms with Gasteiger partial charge in [-0.3, -0.25) is 9.59 Å². The molecule has 1 atom stereocenters. The summed E-state index contributed by atoms with van der Waals surface area (Å²) in [5, 5.41) is 0. The van der Waals surface area contributed by atoms with E-state index in [9.17, 15) is 9.59 Å². The molecule has 1 unspecified atom stereocenters. The maximum Gasteiger partial charge on any atom is 0.313 e. The Hall–Kier alpha value is -0.900. The molecule has 0 rings (SSSR count). The van der Waals surface area contributed by atoms with Crippen LogP contribution in [0.1, 0.15) is 33.1 Å². The minimum atomic E-state index is -0.534. The third-order valence-electron chi connectivity index (χ3n) is 1.89. The predicted octanol–water partition coefficient (Wildman–Crippen LogP) is 1.32. The van der Waals surface area contributed by atoms with Gasteiger partial charge in [-0.25, -0.2) is 0 Å².